The molecule has 0 aliphatic rings. The van der Waals surface area contributed by atoms with Crippen molar-refractivity contribution in [2.24, 2.45) is 0 Å². The van der Waals surface area contributed by atoms with E-state index < -0.39 is 11.9 Å². The lowest BCUT2D eigenvalue weighted by Crippen LogP contribution is -2.10. The summed E-state index contributed by atoms with van der Waals surface area (Å²) in [6.45, 7) is 0. The lowest BCUT2D eigenvalue weighted by atomic mass is 10.1. The fourth-order valence-corrected chi connectivity index (χ4v) is 3.25. The molecule has 4 rings (SSSR count). The quantitative estimate of drug-likeness (QED) is 0.211. The minimum absolute atomic E-state index is 0.0924. The number of carbonyl (C=O) groups excluding carboxylic acids is 1. The second-order valence-electron chi connectivity index (χ2n) is 7.59. The van der Waals surface area contributed by atoms with Crippen molar-refractivity contribution >= 4 is 23.3 Å². The molecule has 9 nitrogen and oxygen atoms in total. The van der Waals surface area contributed by atoms with Crippen molar-refractivity contribution < 1.29 is 33.6 Å². The highest BCUT2D eigenvalue weighted by atomic mass is 16.5. The fourth-order valence-electron chi connectivity index (χ4n) is 3.25. The summed E-state index contributed by atoms with van der Waals surface area (Å²) < 4.78 is 22.5. The van der Waals surface area contributed by atoms with Crippen molar-refractivity contribution in [2.75, 3.05) is 18.6 Å². The van der Waals surface area contributed by atoms with Crippen LogP contribution in [0.4, 0.5) is 11.4 Å². The summed E-state index contributed by atoms with van der Waals surface area (Å²) in [6.07, 6.45) is 0. The molecule has 0 aliphatic carbocycles. The topological polar surface area (TPSA) is 143 Å². The Labute approximate surface area is 206 Å². The summed E-state index contributed by atoms with van der Waals surface area (Å²) in [6, 6.07) is 22.6. The zero-order valence-corrected chi connectivity index (χ0v) is 19.1. The number of nitrogens with two attached hydrogens (primary N) is 2. The molecule has 0 atom stereocenters. The maximum atomic E-state index is 11.9. The van der Waals surface area contributed by atoms with Gasteiger partial charge in [-0.05, 0) is 66.7 Å². The van der Waals surface area contributed by atoms with Crippen LogP contribution in [0.5, 0.6) is 34.5 Å². The first kappa shape index (κ1) is 24.0. The Bertz CT molecular complexity index is 1340. The monoisotopic (exact) mass is 486 g/mol. The number of carbonyl (C=O) groups is 2. The van der Waals surface area contributed by atoms with Crippen LogP contribution in [0, 0.1) is 0 Å². The first-order valence-corrected chi connectivity index (χ1v) is 10.7. The van der Waals surface area contributed by atoms with Crippen molar-refractivity contribution in [1.82, 2.24) is 0 Å². The van der Waals surface area contributed by atoms with Crippen LogP contribution in [-0.2, 0) is 4.74 Å². The molecule has 5 N–H and O–H groups in total. The van der Waals surface area contributed by atoms with Gasteiger partial charge in [-0.3, -0.25) is 0 Å². The zero-order chi connectivity index (χ0) is 25.7. The molecular formula is C27H22N2O7. The van der Waals surface area contributed by atoms with E-state index in [9.17, 15) is 14.7 Å². The van der Waals surface area contributed by atoms with E-state index in [-0.39, 0.29) is 16.9 Å². The highest BCUT2D eigenvalue weighted by Crippen LogP contribution is 2.36. The Morgan fingerprint density at radius 3 is 1.42 bits per heavy atom. The van der Waals surface area contributed by atoms with Gasteiger partial charge < -0.3 is 35.5 Å². The van der Waals surface area contributed by atoms with Crippen LogP contribution < -0.4 is 25.7 Å². The van der Waals surface area contributed by atoms with Gasteiger partial charge >= 0.3 is 11.9 Å². The van der Waals surface area contributed by atoms with Gasteiger partial charge in [0.15, 0.2) is 0 Å². The molecule has 0 amide bonds. The number of aromatic carboxylic acids is 1. The predicted octanol–water partition coefficient (Wildman–Crippen LogP) is 5.71. The summed E-state index contributed by atoms with van der Waals surface area (Å²) >= 11 is 0. The Morgan fingerprint density at radius 1 is 0.583 bits per heavy atom. The van der Waals surface area contributed by atoms with Crippen molar-refractivity contribution in [1.29, 1.82) is 0 Å². The highest BCUT2D eigenvalue weighted by molar-refractivity contribution is 6.02. The van der Waals surface area contributed by atoms with Crippen LogP contribution in [-0.4, -0.2) is 24.2 Å². The van der Waals surface area contributed by atoms with Crippen molar-refractivity contribution in [2.45, 2.75) is 0 Å². The van der Waals surface area contributed by atoms with E-state index in [0.29, 0.717) is 40.1 Å². The SMILES string of the molecule is COC(=O)c1ccc(Oc2cc(Oc3ccc(N)cc3)cc(Oc3ccc(N)cc3)c2)cc1C(=O)O. The van der Waals surface area contributed by atoms with Gasteiger partial charge in [0.2, 0.25) is 0 Å². The van der Waals surface area contributed by atoms with Crippen LogP contribution in [0.2, 0.25) is 0 Å². The highest BCUT2D eigenvalue weighted by Gasteiger charge is 2.18. The zero-order valence-electron chi connectivity index (χ0n) is 19.1. The number of nitrogen functional groups attached to an aromatic ring is 2. The standard InChI is InChI=1S/C27H22N2O7/c1-33-27(32)24-11-10-20(15-25(24)26(30)31)36-23-13-21(34-18-6-2-16(28)3-7-18)12-22(14-23)35-19-8-4-17(29)5-9-19/h2-15H,28-29H2,1H3,(H,30,31). The summed E-state index contributed by atoms with van der Waals surface area (Å²) in [5.74, 6) is 0.287. The van der Waals surface area contributed by atoms with E-state index in [4.69, 9.17) is 25.7 Å². The maximum Gasteiger partial charge on any atom is 0.338 e. The number of esters is 1. The molecular weight excluding hydrogens is 464 g/mol. The fraction of sp³-hybridized carbons (Fsp3) is 0.0370. The first-order valence-electron chi connectivity index (χ1n) is 10.7. The van der Waals surface area contributed by atoms with E-state index >= 15 is 0 Å². The van der Waals surface area contributed by atoms with Gasteiger partial charge in [-0.2, -0.15) is 0 Å². The van der Waals surface area contributed by atoms with Crippen LogP contribution in [0.1, 0.15) is 20.7 Å². The number of ether oxygens (including phenoxy) is 4. The number of hydrogen-bond donors (Lipinski definition) is 3. The third-order valence-electron chi connectivity index (χ3n) is 4.95. The lowest BCUT2D eigenvalue weighted by Gasteiger charge is -2.14. The molecule has 0 fully saturated rings. The molecule has 0 unspecified atom stereocenters. The first-order chi connectivity index (χ1) is 17.3. The molecule has 0 aromatic heterocycles. The second kappa shape index (κ2) is 10.4. The van der Waals surface area contributed by atoms with Gasteiger partial charge in [0.1, 0.15) is 34.5 Å². The van der Waals surface area contributed by atoms with Gasteiger partial charge in [0.05, 0.1) is 18.2 Å². The Kier molecular flexibility index (Phi) is 6.92. The van der Waals surface area contributed by atoms with Gasteiger partial charge in [0, 0.05) is 29.6 Å². The molecule has 0 bridgehead atoms. The number of carboxylic acid groups (broad SMARTS) is 1. The van der Waals surface area contributed by atoms with Gasteiger partial charge in [-0.1, -0.05) is 0 Å². The minimum atomic E-state index is -1.30. The molecule has 182 valence electrons. The average Bonchev–Trinajstić information content (AvgIpc) is 2.86. The molecule has 0 spiro atoms. The normalized spacial score (nSPS) is 10.4. The minimum Gasteiger partial charge on any atom is -0.478 e. The molecule has 0 radical (unpaired) electrons. The molecule has 0 saturated carbocycles. The van der Waals surface area contributed by atoms with E-state index in [1.807, 2.05) is 0 Å². The maximum absolute atomic E-state index is 11.9. The van der Waals surface area contributed by atoms with Gasteiger partial charge in [-0.15, -0.1) is 0 Å². The molecule has 36 heavy (non-hydrogen) atoms. The number of carboxylic acids is 1. The van der Waals surface area contributed by atoms with Crippen molar-refractivity contribution in [3.8, 4) is 34.5 Å². The third-order valence-corrected chi connectivity index (χ3v) is 4.95. The number of benzene rings is 4. The molecule has 4 aromatic carbocycles. The average molecular weight is 486 g/mol. The van der Waals surface area contributed by atoms with Crippen molar-refractivity contribution in [3.05, 3.63) is 96.1 Å². The van der Waals surface area contributed by atoms with Gasteiger partial charge in [-0.25, -0.2) is 9.59 Å². The lowest BCUT2D eigenvalue weighted by molar-refractivity contribution is 0.0582. The van der Waals surface area contributed by atoms with E-state index in [2.05, 4.69) is 4.74 Å². The van der Waals surface area contributed by atoms with Gasteiger partial charge in [0.25, 0.3) is 0 Å². The largest absolute Gasteiger partial charge is 0.478 e. The smallest absolute Gasteiger partial charge is 0.338 e. The number of anilines is 2. The van der Waals surface area contributed by atoms with Crippen LogP contribution in [0.25, 0.3) is 0 Å². The summed E-state index contributed by atoms with van der Waals surface area (Å²) in [5, 5.41) is 9.53. The van der Waals surface area contributed by atoms with Crippen LogP contribution in [0.15, 0.2) is 84.9 Å². The summed E-state index contributed by atoms with van der Waals surface area (Å²) in [4.78, 5) is 23.6. The number of hydrogen-bond acceptors (Lipinski definition) is 8. The summed E-state index contributed by atoms with van der Waals surface area (Å²) in [5.41, 5.74) is 12.3. The number of rotatable bonds is 8. The van der Waals surface area contributed by atoms with E-state index in [1.165, 1.54) is 25.3 Å². The third kappa shape index (κ3) is 5.84. The van der Waals surface area contributed by atoms with Crippen molar-refractivity contribution in [3.63, 3.8) is 0 Å². The molecule has 0 saturated heterocycles. The second-order valence-corrected chi connectivity index (χ2v) is 7.59. The summed E-state index contributed by atoms with van der Waals surface area (Å²) in [7, 11) is 1.17. The predicted molar refractivity (Wildman–Crippen MR) is 133 cm³/mol. The molecule has 9 heteroatoms. The Hall–Kier alpha value is -5.18. The molecule has 4 aromatic rings. The number of methoxy groups -OCH3 is 1. The molecule has 0 aliphatic heterocycles. The van der Waals surface area contributed by atoms with Crippen LogP contribution in [0.3, 0.4) is 0 Å². The van der Waals surface area contributed by atoms with Crippen LogP contribution >= 0.6 is 0 Å². The molecule has 0 heterocycles. The Balaban J connectivity index is 1.68. The van der Waals surface area contributed by atoms with E-state index in [1.54, 1.807) is 66.7 Å². The van der Waals surface area contributed by atoms with E-state index in [0.717, 1.165) is 0 Å². The Morgan fingerprint density at radius 2 is 1.00 bits per heavy atom.